The molecule has 0 saturated carbocycles. The van der Waals surface area contributed by atoms with Gasteiger partial charge in [0.1, 0.15) is 39.7 Å². The number of nitrogens with two attached hydrogens (primary N) is 1. The molecule has 6 aromatic heterocycles. The van der Waals surface area contributed by atoms with E-state index in [1.165, 1.54) is 40.7 Å². The Balaban J connectivity index is 0.000000252. The van der Waals surface area contributed by atoms with Gasteiger partial charge in [-0.2, -0.15) is 54.8 Å². The van der Waals surface area contributed by atoms with Crippen LogP contribution in [0, 0.1) is 0 Å². The zero-order valence-corrected chi connectivity index (χ0v) is 43.3. The Morgan fingerprint density at radius 3 is 1.09 bits per heavy atom. The number of ketones is 2. The van der Waals surface area contributed by atoms with Crippen LogP contribution in [-0.4, -0.2) is 79.2 Å². The van der Waals surface area contributed by atoms with Crippen molar-refractivity contribution in [1.29, 1.82) is 0 Å². The van der Waals surface area contributed by atoms with Gasteiger partial charge in [0.15, 0.2) is 11.6 Å². The summed E-state index contributed by atoms with van der Waals surface area (Å²) < 4.78 is 130. The van der Waals surface area contributed by atoms with E-state index in [9.17, 15) is 58.7 Å². The molecular weight excluding hydrogens is 1040 g/mol. The number of nitrogens with zero attached hydrogens (tertiary/aromatic N) is 9. The molecule has 0 aliphatic heterocycles. The summed E-state index contributed by atoms with van der Waals surface area (Å²) in [6.07, 6.45) is -5.26. The number of ether oxygens (including phenoxy) is 2. The molecule has 18 nitrogen and oxygen atoms in total. The van der Waals surface area contributed by atoms with Crippen LogP contribution >= 0.6 is 0 Å². The molecule has 0 saturated heterocycles. The van der Waals surface area contributed by atoms with Gasteiger partial charge in [-0.25, -0.2) is 24.5 Å². The van der Waals surface area contributed by atoms with Crippen molar-refractivity contribution >= 4 is 29.3 Å². The first-order valence-electron chi connectivity index (χ1n) is 23.1. The van der Waals surface area contributed by atoms with E-state index in [1.54, 1.807) is 84.1 Å². The van der Waals surface area contributed by atoms with Gasteiger partial charge in [-0.15, -0.1) is 0 Å². The Labute approximate surface area is 436 Å². The average Bonchev–Trinajstić information content (AvgIpc) is 4.08. The van der Waals surface area contributed by atoms with Crippen molar-refractivity contribution in [3.8, 4) is 0 Å². The molecule has 0 spiro atoms. The van der Waals surface area contributed by atoms with Crippen LogP contribution in [0.15, 0.2) is 80.2 Å². The van der Waals surface area contributed by atoms with Crippen LogP contribution in [0.25, 0.3) is 5.57 Å². The summed E-state index contributed by atoms with van der Waals surface area (Å²) in [6.45, 7) is 19.3. The van der Waals surface area contributed by atoms with Crippen molar-refractivity contribution in [2.24, 2.45) is 5.73 Å². The van der Waals surface area contributed by atoms with Gasteiger partial charge in [-0.1, -0.05) is 24.8 Å². The lowest BCUT2D eigenvalue weighted by Gasteiger charge is -2.19. The van der Waals surface area contributed by atoms with Crippen LogP contribution in [0.3, 0.4) is 0 Å². The van der Waals surface area contributed by atoms with Gasteiger partial charge >= 0.3 is 30.7 Å². The summed E-state index contributed by atoms with van der Waals surface area (Å²) in [6, 6.07) is 6.46. The summed E-state index contributed by atoms with van der Waals surface area (Å²) >= 11 is 0. The molecule has 0 radical (unpaired) electrons. The fraction of sp³-hybridized carbons (Fsp3) is 0.400. The van der Waals surface area contributed by atoms with Crippen LogP contribution in [-0.2, 0) is 67.3 Å². The van der Waals surface area contributed by atoms with E-state index in [0.717, 1.165) is 36.2 Å². The third-order valence-corrected chi connectivity index (χ3v) is 9.84. The average molecular weight is 1090 g/mol. The number of amides is 2. The molecule has 77 heavy (non-hydrogen) atoms. The molecule has 27 heteroatoms. The number of allylic oxidation sites excluding steroid dienone is 1. The Bertz CT molecular complexity index is 2890. The van der Waals surface area contributed by atoms with Crippen molar-refractivity contribution in [1.82, 2.24) is 54.9 Å². The zero-order valence-electron chi connectivity index (χ0n) is 43.3. The second-order valence-corrected chi connectivity index (χ2v) is 19.1. The molecule has 6 aromatic rings. The van der Waals surface area contributed by atoms with Gasteiger partial charge in [0.05, 0.1) is 43.9 Å². The number of carbonyl (C=O) groups excluding carboxylic acids is 4. The molecule has 0 bridgehead atoms. The lowest BCUT2D eigenvalue weighted by atomic mass is 10.1. The molecule has 0 aliphatic rings. The van der Waals surface area contributed by atoms with Gasteiger partial charge in [0.2, 0.25) is 0 Å². The summed E-state index contributed by atoms with van der Waals surface area (Å²) in [4.78, 5) is 57.2. The Morgan fingerprint density at radius 1 is 0.519 bits per heavy atom. The molecule has 0 aliphatic carbocycles. The van der Waals surface area contributed by atoms with E-state index < -0.39 is 70.6 Å². The number of pyridine rings is 3. The van der Waals surface area contributed by atoms with E-state index in [2.05, 4.69) is 47.5 Å². The Hall–Kier alpha value is -7.97. The largest absolute Gasteiger partial charge is 0.444 e. The van der Waals surface area contributed by atoms with E-state index in [1.807, 2.05) is 0 Å². The van der Waals surface area contributed by atoms with Gasteiger partial charge in [-0.05, 0) is 77.8 Å². The number of alkyl carbamates (subject to hydrolysis) is 2. The molecular formula is C50H57F9N12O6. The number of nitrogens with one attached hydrogen (secondary N) is 2. The predicted molar refractivity (Wildman–Crippen MR) is 260 cm³/mol. The highest BCUT2D eigenvalue weighted by atomic mass is 19.4. The lowest BCUT2D eigenvalue weighted by molar-refractivity contribution is -0.142. The third kappa shape index (κ3) is 19.9. The molecule has 416 valence electrons. The van der Waals surface area contributed by atoms with Gasteiger partial charge in [0, 0.05) is 79.9 Å². The number of hydrogen-bond donors (Lipinski definition) is 3. The monoisotopic (exact) mass is 1090 g/mol. The maximum Gasteiger partial charge on any atom is 0.433 e. The molecule has 0 atom stereocenters. The molecule has 2 amide bonds. The highest BCUT2D eigenvalue weighted by molar-refractivity contribution is 5.94. The minimum absolute atomic E-state index is 0.0620. The van der Waals surface area contributed by atoms with Gasteiger partial charge in [0.25, 0.3) is 0 Å². The second-order valence-electron chi connectivity index (χ2n) is 19.1. The van der Waals surface area contributed by atoms with Crippen LogP contribution in [0.1, 0.15) is 139 Å². The molecule has 6 rings (SSSR count). The van der Waals surface area contributed by atoms with Crippen molar-refractivity contribution in [3.05, 3.63) is 148 Å². The van der Waals surface area contributed by atoms with Crippen molar-refractivity contribution in [3.63, 3.8) is 0 Å². The van der Waals surface area contributed by atoms with E-state index in [0.29, 0.717) is 34.4 Å². The van der Waals surface area contributed by atoms with Gasteiger partial charge < -0.3 is 25.8 Å². The Morgan fingerprint density at radius 2 is 0.818 bits per heavy atom. The number of hydrogen-bond acceptors (Lipinski definition) is 13. The highest BCUT2D eigenvalue weighted by Crippen LogP contribution is 2.31. The normalized spacial score (nSPS) is 11.9. The van der Waals surface area contributed by atoms with E-state index in [-0.39, 0.29) is 49.8 Å². The first-order valence-corrected chi connectivity index (χ1v) is 23.1. The fourth-order valence-corrected chi connectivity index (χ4v) is 6.57. The van der Waals surface area contributed by atoms with Crippen molar-refractivity contribution in [2.75, 3.05) is 0 Å². The standard InChI is InChI=1S/C19H23F3N4O2.C18H21F3N4O3.C13H13F3N4O/c1-12(2)16-14(6-7-15(25-16)19(20,21)22)11-26-10-13(9-24-26)8-23-17(27)28-18(3,4)5;1-11(26)15-13(5-6-14(24-15)18(19,20)21)10-25-9-12(8-23-25)7-22-16(27)28-17(2,3)4;1-8(21)12-10(2-3-11(19-12)13(14,15)16)7-20-6-9(4-17)5-18-20/h6-7,9-10H,1,8,11H2,2-5H3,(H,23,27);5-6,8-9H,7,10H2,1-4H3,(H,22,27);2-3,5-6H,4,7,17H2,1H3. The first kappa shape index (κ1) is 61.6. The van der Waals surface area contributed by atoms with Crippen LogP contribution < -0.4 is 16.4 Å². The topological polar surface area (TPSA) is 229 Å². The molecule has 0 unspecified atom stereocenters. The number of carbonyl (C=O) groups is 4. The smallest absolute Gasteiger partial charge is 0.433 e. The number of alkyl halides is 9. The van der Waals surface area contributed by atoms with Gasteiger partial charge in [-0.3, -0.25) is 23.6 Å². The number of Topliss-reactive ketones (excluding diaryl/α,β-unsaturated/α-hetero) is 2. The predicted octanol–water partition coefficient (Wildman–Crippen LogP) is 9.98. The summed E-state index contributed by atoms with van der Waals surface area (Å²) in [5, 5.41) is 17.5. The fourth-order valence-electron chi connectivity index (χ4n) is 6.57. The number of aromatic nitrogens is 9. The Kier molecular flexibility index (Phi) is 20.2. The second kappa shape index (κ2) is 25.2. The molecule has 4 N–H and O–H groups in total. The third-order valence-electron chi connectivity index (χ3n) is 9.84. The van der Waals surface area contributed by atoms with E-state index >= 15 is 0 Å². The van der Waals surface area contributed by atoms with Crippen LogP contribution in [0.2, 0.25) is 0 Å². The van der Waals surface area contributed by atoms with Crippen LogP contribution in [0.5, 0.6) is 0 Å². The minimum atomic E-state index is -4.63. The van der Waals surface area contributed by atoms with Crippen LogP contribution in [0.4, 0.5) is 49.1 Å². The maximum absolute atomic E-state index is 12.9. The van der Waals surface area contributed by atoms with E-state index in [4.69, 9.17) is 15.2 Å². The maximum atomic E-state index is 12.9. The summed E-state index contributed by atoms with van der Waals surface area (Å²) in [7, 11) is 0. The zero-order chi connectivity index (χ0) is 57.8. The van der Waals surface area contributed by atoms with Crippen molar-refractivity contribution in [2.45, 2.75) is 131 Å². The first-order chi connectivity index (χ1) is 35.5. The summed E-state index contributed by atoms with van der Waals surface area (Å²) in [5.41, 5.74) is 4.69. The quantitative estimate of drug-likeness (QED) is 0.0682. The SMILES string of the molecule is C=C(C)c1nc(C(F)(F)F)ccc1Cn1cc(CNC(=O)OC(C)(C)C)cn1.CC(=O)c1nc(C(F)(F)F)ccc1Cn1cc(CN)cn1.CC(=O)c1nc(C(F)(F)F)ccc1Cn1cc(CNC(=O)OC(C)(C)C)cn1. The lowest BCUT2D eigenvalue weighted by Crippen LogP contribution is -2.32. The number of rotatable bonds is 14. The number of halogens is 9. The minimum Gasteiger partial charge on any atom is -0.444 e. The highest BCUT2D eigenvalue weighted by Gasteiger charge is 2.35. The molecule has 6 heterocycles. The van der Waals surface area contributed by atoms with Crippen molar-refractivity contribution < 1.29 is 68.2 Å². The molecule has 0 aromatic carbocycles. The summed E-state index contributed by atoms with van der Waals surface area (Å²) in [5.74, 6) is -1.10. The molecule has 0 fully saturated rings.